The zero-order chi connectivity index (χ0) is 14.4. The number of rotatable bonds is 5. The molecule has 0 unspecified atom stereocenters. The maximum atomic E-state index is 12.2. The summed E-state index contributed by atoms with van der Waals surface area (Å²) in [5.74, 6) is 0.0917. The van der Waals surface area contributed by atoms with Gasteiger partial charge < -0.3 is 4.90 Å². The van der Waals surface area contributed by atoms with Crippen molar-refractivity contribution in [2.45, 2.75) is 19.3 Å². The first kappa shape index (κ1) is 14.6. The summed E-state index contributed by atoms with van der Waals surface area (Å²) in [6.45, 7) is 0. The van der Waals surface area contributed by atoms with E-state index in [-0.39, 0.29) is 5.91 Å². The third-order valence-corrected chi connectivity index (χ3v) is 3.61. The maximum Gasteiger partial charge on any atom is 0.226 e. The Kier molecular flexibility index (Phi) is 5.19. The summed E-state index contributed by atoms with van der Waals surface area (Å²) in [5, 5.41) is 0.603. The smallest absolute Gasteiger partial charge is 0.226 e. The zero-order valence-electron chi connectivity index (χ0n) is 11.6. The summed E-state index contributed by atoms with van der Waals surface area (Å²) in [7, 11) is 1.77. The van der Waals surface area contributed by atoms with Gasteiger partial charge in [0, 0.05) is 13.5 Å². The van der Waals surface area contributed by atoms with Gasteiger partial charge in [-0.15, -0.1) is 0 Å². The Morgan fingerprint density at radius 2 is 1.70 bits per heavy atom. The van der Waals surface area contributed by atoms with Gasteiger partial charge in [0.2, 0.25) is 5.91 Å². The second-order valence-electron chi connectivity index (χ2n) is 4.74. The topological polar surface area (TPSA) is 20.3 Å². The van der Waals surface area contributed by atoms with E-state index in [1.165, 1.54) is 5.56 Å². The molecule has 2 aromatic carbocycles. The van der Waals surface area contributed by atoms with Crippen LogP contribution in [0.4, 0.5) is 5.69 Å². The van der Waals surface area contributed by atoms with Gasteiger partial charge >= 0.3 is 0 Å². The summed E-state index contributed by atoms with van der Waals surface area (Å²) < 4.78 is 0. The molecule has 2 nitrogen and oxygen atoms in total. The molecule has 2 rings (SSSR count). The van der Waals surface area contributed by atoms with Crippen LogP contribution >= 0.6 is 11.6 Å². The first-order valence-corrected chi connectivity index (χ1v) is 7.11. The molecule has 0 saturated heterocycles. The van der Waals surface area contributed by atoms with Gasteiger partial charge in [-0.05, 0) is 30.5 Å². The van der Waals surface area contributed by atoms with Crippen LogP contribution < -0.4 is 4.90 Å². The molecule has 0 aliphatic heterocycles. The van der Waals surface area contributed by atoms with E-state index < -0.39 is 0 Å². The van der Waals surface area contributed by atoms with E-state index in [1.54, 1.807) is 18.0 Å². The minimum absolute atomic E-state index is 0.0917. The highest BCUT2D eigenvalue weighted by Crippen LogP contribution is 2.24. The zero-order valence-corrected chi connectivity index (χ0v) is 12.3. The van der Waals surface area contributed by atoms with E-state index in [2.05, 4.69) is 12.1 Å². The Morgan fingerprint density at radius 1 is 1.05 bits per heavy atom. The molecule has 3 heteroatoms. The molecule has 0 aliphatic rings. The van der Waals surface area contributed by atoms with E-state index in [0.29, 0.717) is 11.4 Å². The fourth-order valence-corrected chi connectivity index (χ4v) is 2.38. The van der Waals surface area contributed by atoms with Crippen molar-refractivity contribution in [3.05, 3.63) is 65.2 Å². The molecule has 0 saturated carbocycles. The van der Waals surface area contributed by atoms with Gasteiger partial charge in [0.1, 0.15) is 0 Å². The number of benzene rings is 2. The predicted molar refractivity (Wildman–Crippen MR) is 84.2 cm³/mol. The SMILES string of the molecule is CN(C(=O)CCCc1ccccc1)c1ccccc1Cl. The third kappa shape index (κ3) is 3.84. The molecular weight excluding hydrogens is 270 g/mol. The monoisotopic (exact) mass is 287 g/mol. The highest BCUT2D eigenvalue weighted by Gasteiger charge is 2.12. The molecule has 0 atom stereocenters. The van der Waals surface area contributed by atoms with Crippen molar-refractivity contribution < 1.29 is 4.79 Å². The van der Waals surface area contributed by atoms with Crippen molar-refractivity contribution in [2.75, 3.05) is 11.9 Å². The van der Waals surface area contributed by atoms with Gasteiger partial charge in [0.25, 0.3) is 0 Å². The number of amides is 1. The lowest BCUT2D eigenvalue weighted by atomic mass is 10.1. The summed E-state index contributed by atoms with van der Waals surface area (Å²) in [4.78, 5) is 13.8. The fourth-order valence-electron chi connectivity index (χ4n) is 2.11. The van der Waals surface area contributed by atoms with Crippen LogP contribution in [-0.2, 0) is 11.2 Å². The molecule has 20 heavy (non-hydrogen) atoms. The fraction of sp³-hybridized carbons (Fsp3) is 0.235. The number of nitrogens with zero attached hydrogens (tertiary/aromatic N) is 1. The standard InChI is InChI=1S/C17H18ClNO/c1-19(16-12-6-5-11-15(16)18)17(20)13-7-10-14-8-3-2-4-9-14/h2-6,8-9,11-12H,7,10,13H2,1H3. The number of carbonyl (C=O) groups excluding carboxylic acids is 1. The van der Waals surface area contributed by atoms with Crippen molar-refractivity contribution in [1.82, 2.24) is 0 Å². The molecule has 0 aromatic heterocycles. The lowest BCUT2D eigenvalue weighted by Gasteiger charge is -2.18. The molecule has 0 radical (unpaired) electrons. The summed E-state index contributed by atoms with van der Waals surface area (Å²) in [6.07, 6.45) is 2.29. The van der Waals surface area contributed by atoms with Crippen LogP contribution in [0.15, 0.2) is 54.6 Å². The number of hydrogen-bond donors (Lipinski definition) is 0. The molecule has 2 aromatic rings. The van der Waals surface area contributed by atoms with Crippen LogP contribution in [0.2, 0.25) is 5.02 Å². The Hall–Kier alpha value is -1.80. The summed E-state index contributed by atoms with van der Waals surface area (Å²) in [6, 6.07) is 17.6. The summed E-state index contributed by atoms with van der Waals surface area (Å²) in [5.41, 5.74) is 2.03. The van der Waals surface area contributed by atoms with Crippen LogP contribution in [-0.4, -0.2) is 13.0 Å². The molecule has 0 aliphatic carbocycles. The van der Waals surface area contributed by atoms with Gasteiger partial charge in [-0.3, -0.25) is 4.79 Å². The van der Waals surface area contributed by atoms with Gasteiger partial charge in [-0.1, -0.05) is 54.1 Å². The average Bonchev–Trinajstić information content (AvgIpc) is 2.48. The lowest BCUT2D eigenvalue weighted by molar-refractivity contribution is -0.118. The molecule has 0 fully saturated rings. The Morgan fingerprint density at radius 3 is 2.40 bits per heavy atom. The van der Waals surface area contributed by atoms with Gasteiger partial charge in [0.05, 0.1) is 10.7 Å². The first-order valence-electron chi connectivity index (χ1n) is 6.73. The number of aryl methyl sites for hydroxylation is 1. The number of hydrogen-bond acceptors (Lipinski definition) is 1. The van der Waals surface area contributed by atoms with Crippen LogP contribution in [0, 0.1) is 0 Å². The predicted octanol–water partition coefficient (Wildman–Crippen LogP) is 4.33. The maximum absolute atomic E-state index is 12.2. The lowest BCUT2D eigenvalue weighted by Crippen LogP contribution is -2.26. The molecule has 1 amide bonds. The van der Waals surface area contributed by atoms with Gasteiger partial charge in [-0.2, -0.15) is 0 Å². The van der Waals surface area contributed by atoms with Crippen LogP contribution in [0.3, 0.4) is 0 Å². The van der Waals surface area contributed by atoms with Crippen LogP contribution in [0.5, 0.6) is 0 Å². The molecule has 0 spiro atoms. The van der Waals surface area contributed by atoms with Crippen molar-refractivity contribution in [2.24, 2.45) is 0 Å². The van der Waals surface area contributed by atoms with Crippen LogP contribution in [0.1, 0.15) is 18.4 Å². The Bertz CT molecular complexity index is 568. The van der Waals surface area contributed by atoms with Gasteiger partial charge in [-0.25, -0.2) is 0 Å². The minimum Gasteiger partial charge on any atom is -0.314 e. The van der Waals surface area contributed by atoms with Crippen molar-refractivity contribution in [3.8, 4) is 0 Å². The van der Waals surface area contributed by atoms with E-state index in [0.717, 1.165) is 18.5 Å². The van der Waals surface area contributed by atoms with E-state index in [4.69, 9.17) is 11.6 Å². The van der Waals surface area contributed by atoms with Crippen molar-refractivity contribution in [1.29, 1.82) is 0 Å². The first-order chi connectivity index (χ1) is 9.68. The summed E-state index contributed by atoms with van der Waals surface area (Å²) >= 11 is 6.10. The molecule has 0 bridgehead atoms. The average molecular weight is 288 g/mol. The normalized spacial score (nSPS) is 10.3. The molecule has 0 heterocycles. The van der Waals surface area contributed by atoms with Crippen molar-refractivity contribution in [3.63, 3.8) is 0 Å². The van der Waals surface area contributed by atoms with E-state index >= 15 is 0 Å². The Labute approximate surface area is 125 Å². The highest BCUT2D eigenvalue weighted by molar-refractivity contribution is 6.33. The molecule has 0 N–H and O–H groups in total. The third-order valence-electron chi connectivity index (χ3n) is 3.29. The number of carbonyl (C=O) groups is 1. The molecule has 104 valence electrons. The Balaban J connectivity index is 1.87. The van der Waals surface area contributed by atoms with Gasteiger partial charge in [0.15, 0.2) is 0 Å². The second kappa shape index (κ2) is 7.11. The van der Waals surface area contributed by atoms with E-state index in [1.807, 2.05) is 36.4 Å². The molecular formula is C17H18ClNO. The number of para-hydroxylation sites is 1. The number of halogens is 1. The quantitative estimate of drug-likeness (QED) is 0.802. The van der Waals surface area contributed by atoms with Crippen molar-refractivity contribution >= 4 is 23.2 Å². The largest absolute Gasteiger partial charge is 0.314 e. The van der Waals surface area contributed by atoms with Crippen LogP contribution in [0.25, 0.3) is 0 Å². The highest BCUT2D eigenvalue weighted by atomic mass is 35.5. The van der Waals surface area contributed by atoms with E-state index in [9.17, 15) is 4.79 Å². The second-order valence-corrected chi connectivity index (χ2v) is 5.15. The minimum atomic E-state index is 0.0917. The number of anilines is 1.